The van der Waals surface area contributed by atoms with Crippen LogP contribution in [-0.2, 0) is 14.8 Å². The quantitative estimate of drug-likeness (QED) is 0.871. The fraction of sp³-hybridized carbons (Fsp3) is 0.250. The van der Waals surface area contributed by atoms with Gasteiger partial charge in [-0.1, -0.05) is 18.2 Å². The smallest absolute Gasteiger partial charge is 0.263 e. The van der Waals surface area contributed by atoms with Crippen LogP contribution in [0.5, 0.6) is 0 Å². The Morgan fingerprint density at radius 2 is 1.96 bits per heavy atom. The lowest BCUT2D eigenvalue weighted by atomic mass is 10.2. The minimum Gasteiger partial charge on any atom is -0.347 e. The van der Waals surface area contributed by atoms with Crippen LogP contribution in [0.2, 0.25) is 0 Å². The summed E-state index contributed by atoms with van der Waals surface area (Å²) in [5.41, 5.74) is 0.489. The molecule has 0 fully saturated rings. The number of hydrogen-bond donors (Lipinski definition) is 2. The zero-order valence-corrected chi connectivity index (χ0v) is 14.8. The minimum absolute atomic E-state index is 0.118. The Hall–Kier alpha value is -2.19. The van der Waals surface area contributed by atoms with E-state index in [1.54, 1.807) is 36.5 Å². The number of carbonyl (C=O) groups is 1. The molecule has 2 atom stereocenters. The Bertz CT molecular complexity index is 889. The Morgan fingerprint density at radius 1 is 1.21 bits per heavy atom. The molecular weight excluding hydrogens is 346 g/mol. The van der Waals surface area contributed by atoms with Crippen molar-refractivity contribution in [2.45, 2.75) is 30.8 Å². The summed E-state index contributed by atoms with van der Waals surface area (Å²) in [6.45, 7) is 3.54. The SMILES string of the molecule is CC(N=C1NS(=O)(=O)c2ccccc21)C(=O)NC(C)c1cccs1. The summed E-state index contributed by atoms with van der Waals surface area (Å²) in [5, 5.41) is 4.84. The lowest BCUT2D eigenvalue weighted by Crippen LogP contribution is -2.35. The number of sulfonamides is 1. The summed E-state index contributed by atoms with van der Waals surface area (Å²) in [6, 6.07) is 9.63. The van der Waals surface area contributed by atoms with Gasteiger partial charge in [0, 0.05) is 10.4 Å². The van der Waals surface area contributed by atoms with Gasteiger partial charge < -0.3 is 5.32 Å². The standard InChI is InChI=1S/C16H17N3O3S2/c1-10(13-7-5-9-23-13)18-16(20)11(2)17-15-12-6-3-4-8-14(12)24(21,22)19-15/h3-11H,1-2H3,(H,17,19)(H,18,20). The summed E-state index contributed by atoms with van der Waals surface area (Å²) < 4.78 is 26.5. The molecule has 0 saturated carbocycles. The van der Waals surface area contributed by atoms with Gasteiger partial charge >= 0.3 is 0 Å². The molecule has 1 amide bonds. The number of thiophene rings is 1. The van der Waals surface area contributed by atoms with Crippen molar-refractivity contribution in [1.29, 1.82) is 0 Å². The zero-order valence-electron chi connectivity index (χ0n) is 13.2. The molecule has 24 heavy (non-hydrogen) atoms. The van der Waals surface area contributed by atoms with Crippen molar-refractivity contribution in [2.24, 2.45) is 4.99 Å². The lowest BCUT2D eigenvalue weighted by Gasteiger charge is -2.14. The molecule has 0 saturated heterocycles. The van der Waals surface area contributed by atoms with E-state index in [0.717, 1.165) is 4.88 Å². The van der Waals surface area contributed by atoms with Crippen molar-refractivity contribution in [1.82, 2.24) is 10.0 Å². The van der Waals surface area contributed by atoms with Crippen molar-refractivity contribution in [2.75, 3.05) is 0 Å². The van der Waals surface area contributed by atoms with Crippen LogP contribution in [0, 0.1) is 0 Å². The molecule has 0 aliphatic carbocycles. The van der Waals surface area contributed by atoms with Crippen molar-refractivity contribution < 1.29 is 13.2 Å². The van der Waals surface area contributed by atoms with Crippen molar-refractivity contribution in [3.05, 3.63) is 52.2 Å². The first-order chi connectivity index (χ1) is 11.4. The molecule has 0 radical (unpaired) electrons. The van der Waals surface area contributed by atoms with Crippen LogP contribution in [0.1, 0.15) is 30.3 Å². The van der Waals surface area contributed by atoms with Crippen LogP contribution in [0.15, 0.2) is 51.7 Å². The van der Waals surface area contributed by atoms with Gasteiger partial charge in [0.1, 0.15) is 11.9 Å². The molecule has 0 bridgehead atoms. The number of carbonyl (C=O) groups excluding carboxylic acids is 1. The number of nitrogens with one attached hydrogen (secondary N) is 2. The molecule has 3 rings (SSSR count). The average molecular weight is 363 g/mol. The van der Waals surface area contributed by atoms with E-state index in [0.29, 0.717) is 5.56 Å². The Labute approximate surface area is 144 Å². The van der Waals surface area contributed by atoms with E-state index in [1.165, 1.54) is 6.07 Å². The van der Waals surface area contributed by atoms with E-state index in [9.17, 15) is 13.2 Å². The summed E-state index contributed by atoms with van der Waals surface area (Å²) in [7, 11) is -3.60. The fourth-order valence-corrected chi connectivity index (χ4v) is 4.40. The maximum Gasteiger partial charge on any atom is 0.263 e. The maximum absolute atomic E-state index is 12.3. The maximum atomic E-state index is 12.3. The van der Waals surface area contributed by atoms with Crippen molar-refractivity contribution >= 4 is 33.1 Å². The lowest BCUT2D eigenvalue weighted by molar-refractivity contribution is -0.122. The molecule has 1 aromatic carbocycles. The first kappa shape index (κ1) is 16.7. The Kier molecular flexibility index (Phi) is 4.42. The Morgan fingerprint density at radius 3 is 2.67 bits per heavy atom. The van der Waals surface area contributed by atoms with E-state index in [1.807, 2.05) is 24.4 Å². The van der Waals surface area contributed by atoms with Crippen LogP contribution in [0.4, 0.5) is 0 Å². The highest BCUT2D eigenvalue weighted by molar-refractivity contribution is 7.90. The molecule has 8 heteroatoms. The third kappa shape index (κ3) is 3.20. The first-order valence-electron chi connectivity index (χ1n) is 7.42. The van der Waals surface area contributed by atoms with Crippen LogP contribution < -0.4 is 10.0 Å². The largest absolute Gasteiger partial charge is 0.347 e. The van der Waals surface area contributed by atoms with Crippen LogP contribution >= 0.6 is 11.3 Å². The third-order valence-corrected chi connectivity index (χ3v) is 6.15. The van der Waals surface area contributed by atoms with Gasteiger partial charge in [-0.3, -0.25) is 14.5 Å². The van der Waals surface area contributed by atoms with Gasteiger partial charge in [0.25, 0.3) is 10.0 Å². The van der Waals surface area contributed by atoms with Gasteiger partial charge in [-0.25, -0.2) is 8.42 Å². The van der Waals surface area contributed by atoms with Gasteiger partial charge in [0.15, 0.2) is 0 Å². The zero-order chi connectivity index (χ0) is 17.3. The Balaban J connectivity index is 1.78. The fourth-order valence-electron chi connectivity index (χ4n) is 2.42. The minimum atomic E-state index is -3.60. The molecule has 2 N–H and O–H groups in total. The first-order valence-corrected chi connectivity index (χ1v) is 9.78. The molecular formula is C16H17N3O3S2. The molecule has 2 unspecified atom stereocenters. The average Bonchev–Trinajstić information content (AvgIpc) is 3.15. The molecule has 0 spiro atoms. The van der Waals surface area contributed by atoms with Crippen molar-refractivity contribution in [3.63, 3.8) is 0 Å². The number of benzene rings is 1. The summed E-state index contributed by atoms with van der Waals surface area (Å²) in [5.74, 6) is -0.0518. The number of hydrogen-bond acceptors (Lipinski definition) is 5. The molecule has 2 heterocycles. The van der Waals surface area contributed by atoms with Gasteiger partial charge in [0.2, 0.25) is 5.91 Å². The van der Waals surface area contributed by atoms with Crippen molar-refractivity contribution in [3.8, 4) is 0 Å². The van der Waals surface area contributed by atoms with E-state index < -0.39 is 16.1 Å². The number of amides is 1. The van der Waals surface area contributed by atoms with E-state index in [-0.39, 0.29) is 22.7 Å². The van der Waals surface area contributed by atoms with Gasteiger partial charge in [-0.15, -0.1) is 11.3 Å². The van der Waals surface area contributed by atoms with E-state index in [4.69, 9.17) is 0 Å². The summed E-state index contributed by atoms with van der Waals surface area (Å²) >= 11 is 1.57. The van der Waals surface area contributed by atoms with Crippen LogP contribution in [-0.4, -0.2) is 26.2 Å². The van der Waals surface area contributed by atoms with E-state index in [2.05, 4.69) is 15.0 Å². The number of nitrogens with zero attached hydrogens (tertiary/aromatic N) is 1. The number of fused-ring (bicyclic) bond motifs is 1. The number of rotatable bonds is 4. The molecule has 6 nitrogen and oxygen atoms in total. The third-order valence-electron chi connectivity index (χ3n) is 3.69. The van der Waals surface area contributed by atoms with E-state index >= 15 is 0 Å². The van der Waals surface area contributed by atoms with Gasteiger partial charge in [0.05, 0.1) is 10.9 Å². The van der Waals surface area contributed by atoms with Crippen LogP contribution in [0.25, 0.3) is 0 Å². The van der Waals surface area contributed by atoms with Gasteiger partial charge in [-0.2, -0.15) is 0 Å². The van der Waals surface area contributed by atoms with Gasteiger partial charge in [-0.05, 0) is 37.4 Å². The summed E-state index contributed by atoms with van der Waals surface area (Å²) in [4.78, 5) is 17.8. The summed E-state index contributed by atoms with van der Waals surface area (Å²) in [6.07, 6.45) is 0. The highest BCUT2D eigenvalue weighted by Gasteiger charge is 2.31. The molecule has 1 aliphatic rings. The molecule has 126 valence electrons. The second kappa shape index (κ2) is 6.37. The predicted octanol–water partition coefficient (Wildman–Crippen LogP) is 2.05. The monoisotopic (exact) mass is 363 g/mol. The molecule has 1 aromatic heterocycles. The topological polar surface area (TPSA) is 87.6 Å². The molecule has 1 aliphatic heterocycles. The number of aliphatic imine (C=N–C) groups is 1. The highest BCUT2D eigenvalue weighted by Crippen LogP contribution is 2.23. The normalized spacial score (nSPS) is 19.3. The predicted molar refractivity (Wildman–Crippen MR) is 93.6 cm³/mol. The second-order valence-electron chi connectivity index (χ2n) is 5.50. The second-order valence-corrected chi connectivity index (χ2v) is 8.13. The molecule has 2 aromatic rings. The van der Waals surface area contributed by atoms with Crippen LogP contribution in [0.3, 0.4) is 0 Å². The number of amidine groups is 1. The highest BCUT2D eigenvalue weighted by atomic mass is 32.2.